The van der Waals surface area contributed by atoms with E-state index in [0.29, 0.717) is 17.8 Å². The minimum Gasteiger partial charge on any atom is -0.348 e. The first-order chi connectivity index (χ1) is 11.5. The summed E-state index contributed by atoms with van der Waals surface area (Å²) in [6.45, 7) is 2.76. The van der Waals surface area contributed by atoms with Gasteiger partial charge < -0.3 is 15.5 Å². The first kappa shape index (κ1) is 17.7. The van der Waals surface area contributed by atoms with Crippen molar-refractivity contribution in [2.45, 2.75) is 20.0 Å². The van der Waals surface area contributed by atoms with Crippen LogP contribution in [0.5, 0.6) is 0 Å². The molecule has 5 nitrogen and oxygen atoms in total. The Morgan fingerprint density at radius 1 is 0.958 bits per heavy atom. The number of carbonyl (C=O) groups excluding carboxylic acids is 2. The third-order valence-electron chi connectivity index (χ3n) is 3.51. The summed E-state index contributed by atoms with van der Waals surface area (Å²) in [6, 6.07) is 14.9. The zero-order valence-corrected chi connectivity index (χ0v) is 14.3. The third-order valence-corrected chi connectivity index (χ3v) is 3.51. The number of hydrogen-bond acceptors (Lipinski definition) is 3. The van der Waals surface area contributed by atoms with Crippen LogP contribution in [0.15, 0.2) is 48.5 Å². The van der Waals surface area contributed by atoms with Gasteiger partial charge >= 0.3 is 0 Å². The number of anilines is 1. The summed E-state index contributed by atoms with van der Waals surface area (Å²) in [7, 11) is 4.04. The Balaban J connectivity index is 1.99. The molecule has 126 valence electrons. The molecule has 0 saturated heterocycles. The lowest BCUT2D eigenvalue weighted by Crippen LogP contribution is -2.24. The van der Waals surface area contributed by atoms with Gasteiger partial charge in [0.15, 0.2) is 0 Å². The molecule has 5 heteroatoms. The van der Waals surface area contributed by atoms with E-state index in [4.69, 9.17) is 0 Å². The fourth-order valence-electron chi connectivity index (χ4n) is 2.41. The van der Waals surface area contributed by atoms with Crippen LogP contribution in [0.1, 0.15) is 28.4 Å². The fourth-order valence-corrected chi connectivity index (χ4v) is 2.41. The predicted octanol–water partition coefficient (Wildman–Crippen LogP) is 2.64. The van der Waals surface area contributed by atoms with E-state index in [0.717, 1.165) is 12.1 Å². The molecule has 2 aromatic carbocycles. The molecule has 0 aromatic heterocycles. The zero-order valence-electron chi connectivity index (χ0n) is 14.3. The molecule has 0 aliphatic carbocycles. The second-order valence-corrected chi connectivity index (χ2v) is 5.95. The van der Waals surface area contributed by atoms with Crippen LogP contribution >= 0.6 is 0 Å². The van der Waals surface area contributed by atoms with Gasteiger partial charge in [-0.15, -0.1) is 0 Å². The van der Waals surface area contributed by atoms with E-state index in [-0.39, 0.29) is 11.8 Å². The van der Waals surface area contributed by atoms with E-state index in [1.54, 1.807) is 24.3 Å². The lowest BCUT2D eigenvalue weighted by molar-refractivity contribution is -0.114. The lowest BCUT2D eigenvalue weighted by Gasteiger charge is -2.14. The minimum absolute atomic E-state index is 0.135. The van der Waals surface area contributed by atoms with Gasteiger partial charge in [0, 0.05) is 31.3 Å². The SMILES string of the molecule is CC(=O)Nc1ccc(C(=O)NCc2ccccc2CN(C)C)cc1. The van der Waals surface area contributed by atoms with Crippen LogP contribution in [0, 0.1) is 0 Å². The number of nitrogens with zero attached hydrogens (tertiary/aromatic N) is 1. The first-order valence-electron chi connectivity index (χ1n) is 7.83. The molecule has 0 bridgehead atoms. The van der Waals surface area contributed by atoms with Crippen LogP contribution in [0.2, 0.25) is 0 Å². The van der Waals surface area contributed by atoms with Crippen LogP contribution < -0.4 is 10.6 Å². The highest BCUT2D eigenvalue weighted by molar-refractivity contribution is 5.95. The van der Waals surface area contributed by atoms with Gasteiger partial charge in [0.05, 0.1) is 0 Å². The summed E-state index contributed by atoms with van der Waals surface area (Å²) >= 11 is 0. The second kappa shape index (κ2) is 8.26. The van der Waals surface area contributed by atoms with Gasteiger partial charge in [-0.2, -0.15) is 0 Å². The van der Waals surface area contributed by atoms with Crippen molar-refractivity contribution >= 4 is 17.5 Å². The highest BCUT2D eigenvalue weighted by atomic mass is 16.2. The normalized spacial score (nSPS) is 10.5. The smallest absolute Gasteiger partial charge is 0.251 e. The third kappa shape index (κ3) is 5.21. The van der Waals surface area contributed by atoms with Crippen LogP contribution in [0.3, 0.4) is 0 Å². The quantitative estimate of drug-likeness (QED) is 0.858. The molecular weight excluding hydrogens is 302 g/mol. The summed E-state index contributed by atoms with van der Waals surface area (Å²) in [5.74, 6) is -0.270. The van der Waals surface area contributed by atoms with Gasteiger partial charge in [0.25, 0.3) is 5.91 Å². The predicted molar refractivity (Wildman–Crippen MR) is 95.7 cm³/mol. The van der Waals surface area contributed by atoms with E-state index >= 15 is 0 Å². The number of carbonyl (C=O) groups is 2. The van der Waals surface area contributed by atoms with Crippen LogP contribution in [0.25, 0.3) is 0 Å². The summed E-state index contributed by atoms with van der Waals surface area (Å²) in [5.41, 5.74) is 3.54. The lowest BCUT2D eigenvalue weighted by atomic mass is 10.1. The van der Waals surface area contributed by atoms with Gasteiger partial charge in [-0.05, 0) is 49.5 Å². The van der Waals surface area contributed by atoms with Crippen molar-refractivity contribution in [2.24, 2.45) is 0 Å². The summed E-state index contributed by atoms with van der Waals surface area (Å²) in [5, 5.41) is 5.62. The maximum atomic E-state index is 12.3. The van der Waals surface area contributed by atoms with Crippen LogP contribution in [-0.4, -0.2) is 30.8 Å². The van der Waals surface area contributed by atoms with E-state index in [2.05, 4.69) is 21.6 Å². The average molecular weight is 325 g/mol. The molecule has 2 amide bonds. The van der Waals surface area contributed by atoms with Crippen molar-refractivity contribution < 1.29 is 9.59 Å². The molecule has 24 heavy (non-hydrogen) atoms. The topological polar surface area (TPSA) is 61.4 Å². The number of rotatable bonds is 6. The van der Waals surface area contributed by atoms with Gasteiger partial charge in [-0.25, -0.2) is 0 Å². The maximum Gasteiger partial charge on any atom is 0.251 e. The minimum atomic E-state index is -0.135. The van der Waals surface area contributed by atoms with Crippen molar-refractivity contribution in [1.82, 2.24) is 10.2 Å². The first-order valence-corrected chi connectivity index (χ1v) is 7.83. The molecule has 0 unspecified atom stereocenters. The Labute approximate surface area is 142 Å². The number of amides is 2. The molecular formula is C19H23N3O2. The van der Waals surface area contributed by atoms with Crippen molar-refractivity contribution in [3.63, 3.8) is 0 Å². The molecule has 2 aromatic rings. The molecule has 2 rings (SSSR count). The van der Waals surface area contributed by atoms with E-state index in [9.17, 15) is 9.59 Å². The molecule has 0 heterocycles. The molecule has 0 spiro atoms. The highest BCUT2D eigenvalue weighted by Gasteiger charge is 2.08. The van der Waals surface area contributed by atoms with Crippen molar-refractivity contribution in [3.05, 3.63) is 65.2 Å². The second-order valence-electron chi connectivity index (χ2n) is 5.95. The Morgan fingerprint density at radius 2 is 1.58 bits per heavy atom. The molecule has 2 N–H and O–H groups in total. The van der Waals surface area contributed by atoms with Gasteiger partial charge in [-0.3, -0.25) is 9.59 Å². The Bertz CT molecular complexity index is 709. The molecule has 0 saturated carbocycles. The van der Waals surface area contributed by atoms with Crippen molar-refractivity contribution in [3.8, 4) is 0 Å². The van der Waals surface area contributed by atoms with E-state index < -0.39 is 0 Å². The van der Waals surface area contributed by atoms with Crippen LogP contribution in [-0.2, 0) is 17.9 Å². The largest absolute Gasteiger partial charge is 0.348 e. The maximum absolute atomic E-state index is 12.3. The Hall–Kier alpha value is -2.66. The standard InChI is InChI=1S/C19H23N3O2/c1-14(23)21-18-10-8-15(9-11-18)19(24)20-12-16-6-4-5-7-17(16)13-22(2)3/h4-11H,12-13H2,1-3H3,(H,20,24)(H,21,23). The van der Waals surface area contributed by atoms with Gasteiger partial charge in [-0.1, -0.05) is 24.3 Å². The average Bonchev–Trinajstić information content (AvgIpc) is 2.53. The number of hydrogen-bond donors (Lipinski definition) is 2. The van der Waals surface area contributed by atoms with Crippen LogP contribution in [0.4, 0.5) is 5.69 Å². The fraction of sp³-hybridized carbons (Fsp3) is 0.263. The number of benzene rings is 2. The zero-order chi connectivity index (χ0) is 17.5. The van der Waals surface area contributed by atoms with Crippen molar-refractivity contribution in [2.75, 3.05) is 19.4 Å². The summed E-state index contributed by atoms with van der Waals surface area (Å²) in [4.78, 5) is 25.4. The summed E-state index contributed by atoms with van der Waals surface area (Å²) in [6.07, 6.45) is 0. The van der Waals surface area contributed by atoms with Gasteiger partial charge in [0.2, 0.25) is 5.91 Å². The van der Waals surface area contributed by atoms with E-state index in [1.807, 2.05) is 32.3 Å². The molecule has 0 fully saturated rings. The Kier molecular flexibility index (Phi) is 6.09. The molecule has 0 aliphatic rings. The number of nitrogens with one attached hydrogen (secondary N) is 2. The molecule has 0 aliphatic heterocycles. The Morgan fingerprint density at radius 3 is 2.17 bits per heavy atom. The van der Waals surface area contributed by atoms with E-state index in [1.165, 1.54) is 12.5 Å². The monoisotopic (exact) mass is 325 g/mol. The molecule has 0 radical (unpaired) electrons. The highest BCUT2D eigenvalue weighted by Crippen LogP contribution is 2.12. The summed E-state index contributed by atoms with van der Waals surface area (Å²) < 4.78 is 0. The van der Waals surface area contributed by atoms with Gasteiger partial charge in [0.1, 0.15) is 0 Å². The molecule has 0 atom stereocenters. The van der Waals surface area contributed by atoms with Crippen molar-refractivity contribution in [1.29, 1.82) is 0 Å².